The van der Waals surface area contributed by atoms with E-state index in [-0.39, 0.29) is 5.91 Å². The molecule has 1 N–H and O–H groups in total. The van der Waals surface area contributed by atoms with Crippen molar-refractivity contribution < 1.29 is 4.79 Å². The lowest BCUT2D eigenvalue weighted by Crippen LogP contribution is -2.49. The average molecular weight is 345 g/mol. The van der Waals surface area contributed by atoms with E-state index >= 15 is 0 Å². The van der Waals surface area contributed by atoms with E-state index < -0.39 is 0 Å². The van der Waals surface area contributed by atoms with E-state index in [1.807, 2.05) is 17.0 Å². The van der Waals surface area contributed by atoms with Gasteiger partial charge in [0.1, 0.15) is 5.82 Å². The van der Waals surface area contributed by atoms with Gasteiger partial charge in [0.15, 0.2) is 0 Å². The molecule has 1 unspecified atom stereocenters. The Kier molecular flexibility index (Phi) is 5.91. The molecule has 1 aromatic heterocycles. The molecule has 0 saturated carbocycles. The van der Waals surface area contributed by atoms with Crippen molar-refractivity contribution in [2.45, 2.75) is 39.3 Å². The minimum absolute atomic E-state index is 0.115. The zero-order valence-corrected chi connectivity index (χ0v) is 15.7. The molecule has 138 valence electrons. The number of nitrogens with one attached hydrogen (secondary N) is 1. The summed E-state index contributed by atoms with van der Waals surface area (Å²) in [6.07, 6.45) is 2.81. The van der Waals surface area contributed by atoms with Gasteiger partial charge >= 0.3 is 0 Å². The van der Waals surface area contributed by atoms with Crippen LogP contribution in [0, 0.1) is 0 Å². The quantitative estimate of drug-likeness (QED) is 0.875. The maximum Gasteiger partial charge on any atom is 0.255 e. The molecule has 0 spiro atoms. The lowest BCUT2D eigenvalue weighted by Gasteiger charge is -2.32. The second-order valence-corrected chi connectivity index (χ2v) is 7.26. The fourth-order valence-electron chi connectivity index (χ4n) is 3.93. The summed E-state index contributed by atoms with van der Waals surface area (Å²) in [6.45, 7) is 13.3. The third-order valence-corrected chi connectivity index (χ3v) is 5.37. The predicted molar refractivity (Wildman–Crippen MR) is 101 cm³/mol. The van der Waals surface area contributed by atoms with Crippen LogP contribution in [0.5, 0.6) is 0 Å². The Bertz CT molecular complexity index is 568. The van der Waals surface area contributed by atoms with Crippen LogP contribution in [0.15, 0.2) is 18.3 Å². The van der Waals surface area contributed by atoms with E-state index in [0.717, 1.165) is 58.1 Å². The molecular formula is C19H31N5O. The van der Waals surface area contributed by atoms with Crippen molar-refractivity contribution in [3.05, 3.63) is 23.9 Å². The Morgan fingerprint density at radius 2 is 2.08 bits per heavy atom. The minimum Gasteiger partial charge on any atom is -0.354 e. The first-order valence-electron chi connectivity index (χ1n) is 9.57. The first-order chi connectivity index (χ1) is 12.1. The van der Waals surface area contributed by atoms with Crippen molar-refractivity contribution in [3.63, 3.8) is 0 Å². The molecule has 3 rings (SSSR count). The number of hydrogen-bond acceptors (Lipinski definition) is 5. The third-order valence-electron chi connectivity index (χ3n) is 5.37. The van der Waals surface area contributed by atoms with E-state index in [1.54, 1.807) is 6.20 Å². The summed E-state index contributed by atoms with van der Waals surface area (Å²) in [5.41, 5.74) is 0.699. The van der Waals surface area contributed by atoms with Crippen LogP contribution in [-0.2, 0) is 0 Å². The summed E-state index contributed by atoms with van der Waals surface area (Å²) in [6, 6.07) is 4.81. The highest BCUT2D eigenvalue weighted by Crippen LogP contribution is 2.20. The number of amides is 1. The summed E-state index contributed by atoms with van der Waals surface area (Å²) in [5.74, 6) is 1.05. The number of carbonyl (C=O) groups is 1. The molecule has 2 aliphatic heterocycles. The molecule has 25 heavy (non-hydrogen) atoms. The molecule has 1 amide bonds. The fraction of sp³-hybridized carbons (Fsp3) is 0.684. The Balaban J connectivity index is 1.61. The van der Waals surface area contributed by atoms with Crippen LogP contribution in [0.1, 0.15) is 37.6 Å². The second kappa shape index (κ2) is 8.15. The smallest absolute Gasteiger partial charge is 0.255 e. The van der Waals surface area contributed by atoms with Crippen molar-refractivity contribution in [2.75, 3.05) is 50.7 Å². The van der Waals surface area contributed by atoms with Gasteiger partial charge in [-0.25, -0.2) is 4.98 Å². The molecule has 2 fully saturated rings. The monoisotopic (exact) mass is 345 g/mol. The summed E-state index contributed by atoms with van der Waals surface area (Å²) < 4.78 is 0. The van der Waals surface area contributed by atoms with Crippen LogP contribution in [0.3, 0.4) is 0 Å². The molecule has 2 aliphatic rings. The van der Waals surface area contributed by atoms with Gasteiger partial charge < -0.3 is 15.1 Å². The van der Waals surface area contributed by atoms with E-state index in [9.17, 15) is 4.79 Å². The molecule has 1 aromatic rings. The summed E-state index contributed by atoms with van der Waals surface area (Å²) in [5, 5.41) is 3.39. The number of piperazine rings is 1. The summed E-state index contributed by atoms with van der Waals surface area (Å²) in [4.78, 5) is 24.1. The average Bonchev–Trinajstić information content (AvgIpc) is 3.13. The normalized spacial score (nSPS) is 21.8. The van der Waals surface area contributed by atoms with Crippen LogP contribution < -0.4 is 10.2 Å². The molecule has 1 atom stereocenters. The lowest BCUT2D eigenvalue weighted by atomic mass is 10.2. The number of aromatic nitrogens is 1. The molecule has 3 heterocycles. The molecule has 0 aromatic carbocycles. The standard InChI is InChI=1S/C19H31N5O/c1-4-24(15(2)3)18-6-5-16(13-21-18)19(25)23-10-7-17(14-23)22-11-8-20-9-12-22/h5-6,13,15,17,20H,4,7-12,14H2,1-3H3. The first kappa shape index (κ1) is 18.1. The van der Waals surface area contributed by atoms with Gasteiger partial charge in [0.05, 0.1) is 5.56 Å². The summed E-state index contributed by atoms with van der Waals surface area (Å²) in [7, 11) is 0. The first-order valence-corrected chi connectivity index (χ1v) is 9.57. The molecule has 2 saturated heterocycles. The van der Waals surface area contributed by atoms with Gasteiger partial charge in [-0.3, -0.25) is 9.69 Å². The number of likely N-dealkylation sites (tertiary alicyclic amines) is 1. The van der Waals surface area contributed by atoms with Crippen LogP contribution in [0.2, 0.25) is 0 Å². The zero-order valence-electron chi connectivity index (χ0n) is 15.7. The van der Waals surface area contributed by atoms with Crippen molar-refractivity contribution in [3.8, 4) is 0 Å². The maximum atomic E-state index is 12.8. The van der Waals surface area contributed by atoms with E-state index in [2.05, 4.69) is 40.9 Å². The largest absolute Gasteiger partial charge is 0.354 e. The molecule has 0 radical (unpaired) electrons. The Hall–Kier alpha value is -1.66. The van der Waals surface area contributed by atoms with Crippen molar-refractivity contribution in [2.24, 2.45) is 0 Å². The van der Waals surface area contributed by atoms with Crippen LogP contribution in [0.25, 0.3) is 0 Å². The highest BCUT2D eigenvalue weighted by molar-refractivity contribution is 5.94. The number of carbonyl (C=O) groups excluding carboxylic acids is 1. The number of nitrogens with zero attached hydrogens (tertiary/aromatic N) is 4. The van der Waals surface area contributed by atoms with Crippen molar-refractivity contribution >= 4 is 11.7 Å². The molecule has 0 bridgehead atoms. The third kappa shape index (κ3) is 4.12. The van der Waals surface area contributed by atoms with E-state index in [1.165, 1.54) is 0 Å². The number of anilines is 1. The van der Waals surface area contributed by atoms with Gasteiger partial charge in [-0.1, -0.05) is 0 Å². The molecule has 6 nitrogen and oxygen atoms in total. The summed E-state index contributed by atoms with van der Waals surface area (Å²) >= 11 is 0. The van der Waals surface area contributed by atoms with Gasteiger partial charge in [0.25, 0.3) is 5.91 Å². The van der Waals surface area contributed by atoms with Crippen molar-refractivity contribution in [1.29, 1.82) is 0 Å². The number of pyridine rings is 1. The molecule has 6 heteroatoms. The van der Waals surface area contributed by atoms with E-state index in [4.69, 9.17) is 0 Å². The van der Waals surface area contributed by atoms with Crippen molar-refractivity contribution in [1.82, 2.24) is 20.1 Å². The molecule has 0 aliphatic carbocycles. The second-order valence-electron chi connectivity index (χ2n) is 7.26. The highest BCUT2D eigenvalue weighted by atomic mass is 16.2. The SMILES string of the molecule is CCN(c1ccc(C(=O)N2CCC(N3CCNCC3)C2)cn1)C(C)C. The van der Waals surface area contributed by atoms with Gasteiger partial charge in [0, 0.05) is 64.1 Å². The van der Waals surface area contributed by atoms with Gasteiger partial charge in [-0.2, -0.15) is 0 Å². The zero-order chi connectivity index (χ0) is 17.8. The Labute approximate surface area is 151 Å². The predicted octanol–water partition coefficient (Wildman–Crippen LogP) is 1.44. The lowest BCUT2D eigenvalue weighted by molar-refractivity contribution is 0.0773. The Morgan fingerprint density at radius 1 is 1.32 bits per heavy atom. The minimum atomic E-state index is 0.115. The maximum absolute atomic E-state index is 12.8. The van der Waals surface area contributed by atoms with Crippen LogP contribution >= 0.6 is 0 Å². The number of rotatable bonds is 5. The number of hydrogen-bond donors (Lipinski definition) is 1. The topological polar surface area (TPSA) is 51.7 Å². The fourth-order valence-corrected chi connectivity index (χ4v) is 3.93. The van der Waals surface area contributed by atoms with Gasteiger partial charge in [0.2, 0.25) is 0 Å². The van der Waals surface area contributed by atoms with Gasteiger partial charge in [-0.05, 0) is 39.3 Å². The van der Waals surface area contributed by atoms with Crippen LogP contribution in [0.4, 0.5) is 5.82 Å². The van der Waals surface area contributed by atoms with Crippen LogP contribution in [-0.4, -0.2) is 78.6 Å². The van der Waals surface area contributed by atoms with E-state index in [0.29, 0.717) is 17.6 Å². The Morgan fingerprint density at radius 3 is 2.68 bits per heavy atom. The highest BCUT2D eigenvalue weighted by Gasteiger charge is 2.31. The van der Waals surface area contributed by atoms with Gasteiger partial charge in [-0.15, -0.1) is 0 Å². The molecular weight excluding hydrogens is 314 g/mol.